The summed E-state index contributed by atoms with van der Waals surface area (Å²) >= 11 is 8.08. The molecule has 8 heteroatoms. The smallest absolute Gasteiger partial charge is 0.183 e. The Morgan fingerprint density at radius 3 is 2.94 bits per heavy atom. The zero-order valence-electron chi connectivity index (χ0n) is 8.24. The van der Waals surface area contributed by atoms with Crippen molar-refractivity contribution in [3.63, 3.8) is 0 Å². The lowest BCUT2D eigenvalue weighted by molar-refractivity contribution is 0.181. The molecule has 1 N–H and O–H groups in total. The van der Waals surface area contributed by atoms with E-state index in [1.54, 1.807) is 7.11 Å². The molecule has 0 saturated carbocycles. The highest BCUT2D eigenvalue weighted by molar-refractivity contribution is 14.1. The van der Waals surface area contributed by atoms with Gasteiger partial charge in [-0.2, -0.15) is 15.4 Å². The summed E-state index contributed by atoms with van der Waals surface area (Å²) < 4.78 is 5.82. The van der Waals surface area contributed by atoms with Crippen LogP contribution in [0.2, 0.25) is 5.15 Å². The van der Waals surface area contributed by atoms with Gasteiger partial charge in [-0.1, -0.05) is 11.6 Å². The van der Waals surface area contributed by atoms with Gasteiger partial charge >= 0.3 is 0 Å². The summed E-state index contributed by atoms with van der Waals surface area (Å²) in [6, 6.07) is 0. The van der Waals surface area contributed by atoms with Gasteiger partial charge in [0.05, 0.1) is 22.1 Å². The van der Waals surface area contributed by atoms with Crippen LogP contribution in [0.25, 0.3) is 11.5 Å². The number of methoxy groups -OCH3 is 1. The number of halogens is 2. The third kappa shape index (κ3) is 2.30. The number of nitrogens with zero attached hydrogens (tertiary/aromatic N) is 4. The minimum atomic E-state index is 0.380. The van der Waals surface area contributed by atoms with Crippen molar-refractivity contribution in [3.05, 3.63) is 20.6 Å². The Kier molecular flexibility index (Phi) is 3.66. The first-order chi connectivity index (χ1) is 7.72. The van der Waals surface area contributed by atoms with Crippen molar-refractivity contribution in [3.8, 4) is 11.5 Å². The number of H-pyrrole nitrogens is 1. The van der Waals surface area contributed by atoms with Crippen molar-refractivity contribution in [1.29, 1.82) is 0 Å². The fourth-order valence-corrected chi connectivity index (χ4v) is 1.71. The first-order valence-electron chi connectivity index (χ1n) is 4.29. The van der Waals surface area contributed by atoms with E-state index in [1.165, 1.54) is 6.20 Å². The third-order valence-electron chi connectivity index (χ3n) is 1.80. The van der Waals surface area contributed by atoms with Crippen LogP contribution in [-0.4, -0.2) is 32.5 Å². The van der Waals surface area contributed by atoms with Crippen molar-refractivity contribution in [1.82, 2.24) is 25.4 Å². The minimum Gasteiger partial charge on any atom is -0.378 e. The highest BCUT2D eigenvalue weighted by Gasteiger charge is 2.13. The fraction of sp³-hybridized carbons (Fsp3) is 0.250. The molecule has 0 aliphatic heterocycles. The van der Waals surface area contributed by atoms with E-state index in [9.17, 15) is 0 Å². The van der Waals surface area contributed by atoms with Gasteiger partial charge < -0.3 is 4.74 Å². The average Bonchev–Trinajstić information content (AvgIpc) is 2.78. The summed E-state index contributed by atoms with van der Waals surface area (Å²) in [6.07, 6.45) is 1.54. The van der Waals surface area contributed by atoms with Crippen molar-refractivity contribution in [2.45, 2.75) is 6.61 Å². The van der Waals surface area contributed by atoms with E-state index in [1.807, 2.05) is 0 Å². The predicted molar refractivity (Wildman–Crippen MR) is 65.8 cm³/mol. The maximum absolute atomic E-state index is 6.00. The van der Waals surface area contributed by atoms with Gasteiger partial charge in [0.25, 0.3) is 0 Å². The number of hydrogen-bond acceptors (Lipinski definition) is 5. The Balaban J connectivity index is 2.48. The topological polar surface area (TPSA) is 76.6 Å². The molecule has 0 bridgehead atoms. The molecule has 0 radical (unpaired) electrons. The first kappa shape index (κ1) is 11.7. The fourth-order valence-electron chi connectivity index (χ4n) is 1.12. The zero-order chi connectivity index (χ0) is 11.5. The van der Waals surface area contributed by atoms with E-state index in [2.05, 4.69) is 48.0 Å². The van der Waals surface area contributed by atoms with Crippen LogP contribution in [0, 0.1) is 3.57 Å². The van der Waals surface area contributed by atoms with Crippen molar-refractivity contribution in [2.24, 2.45) is 0 Å². The predicted octanol–water partition coefficient (Wildman–Crippen LogP) is 1.67. The normalized spacial score (nSPS) is 10.7. The molecule has 0 unspecified atom stereocenters. The molecule has 84 valence electrons. The zero-order valence-corrected chi connectivity index (χ0v) is 11.2. The van der Waals surface area contributed by atoms with Crippen LogP contribution in [-0.2, 0) is 11.3 Å². The first-order valence-corrected chi connectivity index (χ1v) is 5.75. The molecule has 0 spiro atoms. The Morgan fingerprint density at radius 2 is 2.31 bits per heavy atom. The Hall–Kier alpha value is -0.800. The molecule has 0 fully saturated rings. The van der Waals surface area contributed by atoms with Gasteiger partial charge in [0, 0.05) is 7.11 Å². The molecule has 6 nitrogen and oxygen atoms in total. The lowest BCUT2D eigenvalue weighted by Crippen LogP contribution is -2.02. The minimum absolute atomic E-state index is 0.380. The van der Waals surface area contributed by atoms with Gasteiger partial charge in [0.2, 0.25) is 0 Å². The van der Waals surface area contributed by atoms with Gasteiger partial charge in [-0.15, -0.1) is 0 Å². The second kappa shape index (κ2) is 5.02. The maximum atomic E-state index is 6.00. The summed E-state index contributed by atoms with van der Waals surface area (Å²) in [7, 11) is 1.60. The molecule has 0 amide bonds. The highest BCUT2D eigenvalue weighted by atomic mass is 127. The quantitative estimate of drug-likeness (QED) is 0.672. The molecule has 0 atom stereocenters. The van der Waals surface area contributed by atoms with Gasteiger partial charge in [0.1, 0.15) is 10.8 Å². The number of rotatable bonds is 3. The number of hydrogen-bond donors (Lipinski definition) is 1. The van der Waals surface area contributed by atoms with E-state index < -0.39 is 0 Å². The Bertz CT molecular complexity index is 489. The van der Waals surface area contributed by atoms with Crippen LogP contribution in [0.1, 0.15) is 5.69 Å². The number of aromatic nitrogens is 5. The van der Waals surface area contributed by atoms with E-state index in [-0.39, 0.29) is 0 Å². The number of nitrogens with one attached hydrogen (secondary N) is 1. The van der Waals surface area contributed by atoms with Crippen LogP contribution < -0.4 is 0 Å². The molecule has 16 heavy (non-hydrogen) atoms. The molecule has 0 aliphatic carbocycles. The van der Waals surface area contributed by atoms with Crippen molar-refractivity contribution in [2.75, 3.05) is 7.11 Å². The van der Waals surface area contributed by atoms with Crippen LogP contribution in [0.4, 0.5) is 0 Å². The van der Waals surface area contributed by atoms with Crippen LogP contribution >= 0.6 is 34.2 Å². The second-order valence-electron chi connectivity index (χ2n) is 2.89. The molecule has 0 aromatic carbocycles. The van der Waals surface area contributed by atoms with Crippen LogP contribution in [0.5, 0.6) is 0 Å². The van der Waals surface area contributed by atoms with Gasteiger partial charge in [-0.05, 0) is 22.6 Å². The van der Waals surface area contributed by atoms with Gasteiger partial charge in [0.15, 0.2) is 5.82 Å². The molecule has 0 saturated heterocycles. The molecular weight excluding hydrogens is 344 g/mol. The number of aromatic amines is 1. The second-order valence-corrected chi connectivity index (χ2v) is 4.32. The Labute approximate surface area is 110 Å². The summed E-state index contributed by atoms with van der Waals surface area (Å²) in [5.41, 5.74) is 1.29. The van der Waals surface area contributed by atoms with E-state index in [0.29, 0.717) is 23.3 Å². The number of ether oxygens (including phenoxy) is 1. The maximum Gasteiger partial charge on any atom is 0.183 e. The van der Waals surface area contributed by atoms with E-state index in [4.69, 9.17) is 16.3 Å². The molecule has 0 aliphatic rings. The van der Waals surface area contributed by atoms with Gasteiger partial charge in [-0.3, -0.25) is 0 Å². The van der Waals surface area contributed by atoms with E-state index in [0.717, 1.165) is 9.26 Å². The largest absolute Gasteiger partial charge is 0.378 e. The monoisotopic (exact) mass is 351 g/mol. The standard InChI is InChI=1S/C8H7ClIN5O/c1-16-3-5-6(10)7(9)13-8(12-5)4-2-11-15-14-4/h2H,3H2,1H3,(H,11,14,15). The summed E-state index contributed by atoms with van der Waals surface area (Å²) in [6.45, 7) is 0.380. The lowest BCUT2D eigenvalue weighted by atomic mass is 10.4. The lowest BCUT2D eigenvalue weighted by Gasteiger charge is -2.05. The molecule has 2 heterocycles. The van der Waals surface area contributed by atoms with Gasteiger partial charge in [-0.25, -0.2) is 9.97 Å². The molecule has 2 rings (SSSR count). The van der Waals surface area contributed by atoms with Crippen LogP contribution in [0.3, 0.4) is 0 Å². The molecule has 2 aromatic heterocycles. The van der Waals surface area contributed by atoms with Crippen LogP contribution in [0.15, 0.2) is 6.20 Å². The van der Waals surface area contributed by atoms with E-state index >= 15 is 0 Å². The summed E-state index contributed by atoms with van der Waals surface area (Å²) in [5, 5.41) is 10.5. The summed E-state index contributed by atoms with van der Waals surface area (Å²) in [4.78, 5) is 8.44. The SMILES string of the molecule is COCc1nc(-c2cn[nH]n2)nc(Cl)c1I. The van der Waals surface area contributed by atoms with Crippen molar-refractivity contribution >= 4 is 34.2 Å². The summed E-state index contributed by atoms with van der Waals surface area (Å²) in [5.74, 6) is 0.436. The Morgan fingerprint density at radius 1 is 1.50 bits per heavy atom. The third-order valence-corrected chi connectivity index (χ3v) is 3.53. The average molecular weight is 352 g/mol. The molecular formula is C8H7ClIN5O. The molecule has 2 aromatic rings. The van der Waals surface area contributed by atoms with Crippen molar-refractivity contribution < 1.29 is 4.74 Å². The highest BCUT2D eigenvalue weighted by Crippen LogP contribution is 2.22.